The van der Waals surface area contributed by atoms with Crippen molar-refractivity contribution in [1.82, 2.24) is 4.90 Å². The van der Waals surface area contributed by atoms with E-state index in [0.29, 0.717) is 31.7 Å². The van der Waals surface area contributed by atoms with E-state index >= 15 is 0 Å². The second kappa shape index (κ2) is 6.96. The summed E-state index contributed by atoms with van der Waals surface area (Å²) in [6, 6.07) is 6.06. The van der Waals surface area contributed by atoms with E-state index in [-0.39, 0.29) is 6.03 Å². The summed E-state index contributed by atoms with van der Waals surface area (Å²) < 4.78 is 13.8. The first kappa shape index (κ1) is 14.4. The van der Waals surface area contributed by atoms with Crippen LogP contribution in [0.1, 0.15) is 13.3 Å². The van der Waals surface area contributed by atoms with Gasteiger partial charge in [0.1, 0.15) is 5.82 Å². The maximum atomic E-state index is 13.8. The summed E-state index contributed by atoms with van der Waals surface area (Å²) >= 11 is 0. The predicted octanol–water partition coefficient (Wildman–Crippen LogP) is 2.05. The van der Waals surface area contributed by atoms with Gasteiger partial charge in [-0.1, -0.05) is 12.1 Å². The van der Waals surface area contributed by atoms with Crippen LogP contribution in [0.4, 0.5) is 14.9 Å². The molecule has 0 fully saturated rings. The van der Waals surface area contributed by atoms with Gasteiger partial charge >= 0.3 is 6.03 Å². The minimum Gasteiger partial charge on any atom is -0.330 e. The fourth-order valence-corrected chi connectivity index (χ4v) is 1.58. The Morgan fingerprint density at radius 2 is 2.06 bits per heavy atom. The minimum atomic E-state index is -0.396. The molecule has 5 heteroatoms. The summed E-state index contributed by atoms with van der Waals surface area (Å²) in [7, 11) is 1.69. The van der Waals surface area contributed by atoms with Gasteiger partial charge in [0, 0.05) is 20.1 Å². The van der Waals surface area contributed by atoms with Gasteiger partial charge in [-0.3, -0.25) is 4.90 Å². The standard InChI is InChI=1S/C13H20FN3O/c1-3-16(2)13(18)17(10-6-9-15)12-8-5-4-7-11(12)14/h4-5,7-8H,3,6,9-10,15H2,1-2H3. The van der Waals surface area contributed by atoms with E-state index < -0.39 is 5.82 Å². The Labute approximate surface area is 107 Å². The molecule has 0 spiro atoms. The second-order valence-corrected chi connectivity index (χ2v) is 4.04. The van der Waals surface area contributed by atoms with Crippen molar-refractivity contribution in [3.05, 3.63) is 30.1 Å². The molecule has 1 aromatic carbocycles. The minimum absolute atomic E-state index is 0.212. The third-order valence-corrected chi connectivity index (χ3v) is 2.76. The molecule has 0 saturated heterocycles. The monoisotopic (exact) mass is 253 g/mol. The predicted molar refractivity (Wildman–Crippen MR) is 71.1 cm³/mol. The molecule has 1 rings (SSSR count). The highest BCUT2D eigenvalue weighted by atomic mass is 19.1. The van der Waals surface area contributed by atoms with Crippen LogP contribution in [0.15, 0.2) is 24.3 Å². The van der Waals surface area contributed by atoms with Crippen LogP contribution in [0, 0.1) is 5.82 Å². The third kappa shape index (κ3) is 3.43. The van der Waals surface area contributed by atoms with Crippen LogP contribution in [-0.2, 0) is 0 Å². The van der Waals surface area contributed by atoms with E-state index in [2.05, 4.69) is 0 Å². The van der Waals surface area contributed by atoms with E-state index in [0.717, 1.165) is 0 Å². The lowest BCUT2D eigenvalue weighted by Gasteiger charge is -2.27. The number of nitrogens with zero attached hydrogens (tertiary/aromatic N) is 2. The average Bonchev–Trinajstić information content (AvgIpc) is 2.39. The molecule has 4 nitrogen and oxygen atoms in total. The molecule has 0 saturated carbocycles. The van der Waals surface area contributed by atoms with Crippen LogP contribution in [0.3, 0.4) is 0 Å². The number of hydrogen-bond acceptors (Lipinski definition) is 2. The molecule has 2 amide bonds. The number of carbonyl (C=O) groups is 1. The maximum Gasteiger partial charge on any atom is 0.324 e. The molecular formula is C13H20FN3O. The number of nitrogens with two attached hydrogens (primary N) is 1. The number of amides is 2. The molecular weight excluding hydrogens is 233 g/mol. The van der Waals surface area contributed by atoms with Gasteiger partial charge < -0.3 is 10.6 Å². The number of rotatable bonds is 5. The van der Waals surface area contributed by atoms with Crippen molar-refractivity contribution in [3.8, 4) is 0 Å². The van der Waals surface area contributed by atoms with Gasteiger partial charge in [-0.15, -0.1) is 0 Å². The van der Waals surface area contributed by atoms with Crippen LogP contribution in [-0.4, -0.2) is 37.6 Å². The van der Waals surface area contributed by atoms with Crippen molar-refractivity contribution in [3.63, 3.8) is 0 Å². The zero-order valence-corrected chi connectivity index (χ0v) is 10.9. The molecule has 0 aromatic heterocycles. The first-order chi connectivity index (χ1) is 8.61. The van der Waals surface area contributed by atoms with Crippen molar-refractivity contribution in [2.75, 3.05) is 31.6 Å². The summed E-state index contributed by atoms with van der Waals surface area (Å²) in [6.45, 7) is 3.33. The number of para-hydroxylation sites is 1. The van der Waals surface area contributed by atoms with Gasteiger partial charge in [0.05, 0.1) is 5.69 Å². The van der Waals surface area contributed by atoms with E-state index in [1.54, 1.807) is 30.1 Å². The van der Waals surface area contributed by atoms with Crippen molar-refractivity contribution >= 4 is 11.7 Å². The number of carbonyl (C=O) groups excluding carboxylic acids is 1. The Bertz CT molecular complexity index is 398. The van der Waals surface area contributed by atoms with Crippen molar-refractivity contribution in [2.24, 2.45) is 5.73 Å². The second-order valence-electron chi connectivity index (χ2n) is 4.04. The molecule has 0 radical (unpaired) electrons. The molecule has 0 heterocycles. The molecule has 18 heavy (non-hydrogen) atoms. The molecule has 0 unspecified atom stereocenters. The quantitative estimate of drug-likeness (QED) is 0.873. The highest BCUT2D eigenvalue weighted by molar-refractivity contribution is 5.91. The molecule has 0 aliphatic heterocycles. The number of urea groups is 1. The van der Waals surface area contributed by atoms with Gasteiger partial charge in [-0.05, 0) is 32.0 Å². The van der Waals surface area contributed by atoms with Crippen LogP contribution >= 0.6 is 0 Å². The Kier molecular flexibility index (Phi) is 5.58. The highest BCUT2D eigenvalue weighted by Crippen LogP contribution is 2.20. The number of halogens is 1. The SMILES string of the molecule is CCN(C)C(=O)N(CCCN)c1ccccc1F. The average molecular weight is 253 g/mol. The topological polar surface area (TPSA) is 49.6 Å². The lowest BCUT2D eigenvalue weighted by molar-refractivity contribution is 0.217. The summed E-state index contributed by atoms with van der Waals surface area (Å²) in [6.07, 6.45) is 0.637. The van der Waals surface area contributed by atoms with Crippen LogP contribution < -0.4 is 10.6 Å². The van der Waals surface area contributed by atoms with Crippen molar-refractivity contribution < 1.29 is 9.18 Å². The van der Waals surface area contributed by atoms with Gasteiger partial charge in [0.25, 0.3) is 0 Å². The largest absolute Gasteiger partial charge is 0.330 e. The Morgan fingerprint density at radius 3 is 2.61 bits per heavy atom. The van der Waals surface area contributed by atoms with Gasteiger partial charge in [0.15, 0.2) is 0 Å². The van der Waals surface area contributed by atoms with Crippen LogP contribution in [0.5, 0.6) is 0 Å². The van der Waals surface area contributed by atoms with Crippen molar-refractivity contribution in [1.29, 1.82) is 0 Å². The number of hydrogen-bond donors (Lipinski definition) is 1. The van der Waals surface area contributed by atoms with E-state index in [4.69, 9.17) is 5.73 Å². The summed E-state index contributed by atoms with van der Waals surface area (Å²) in [5.41, 5.74) is 5.76. The summed E-state index contributed by atoms with van der Waals surface area (Å²) in [5.74, 6) is -0.396. The maximum absolute atomic E-state index is 13.8. The Balaban J connectivity index is 2.98. The first-order valence-electron chi connectivity index (χ1n) is 6.09. The molecule has 0 bridgehead atoms. The molecule has 0 aliphatic rings. The Morgan fingerprint density at radius 1 is 1.39 bits per heavy atom. The highest BCUT2D eigenvalue weighted by Gasteiger charge is 2.20. The molecule has 0 atom stereocenters. The van der Waals surface area contributed by atoms with Gasteiger partial charge in [0.2, 0.25) is 0 Å². The Hall–Kier alpha value is -1.62. The lowest BCUT2D eigenvalue weighted by atomic mass is 10.2. The number of benzene rings is 1. The van der Waals surface area contributed by atoms with Crippen LogP contribution in [0.25, 0.3) is 0 Å². The van der Waals surface area contributed by atoms with Gasteiger partial charge in [-0.2, -0.15) is 0 Å². The van der Waals surface area contributed by atoms with E-state index in [9.17, 15) is 9.18 Å². The number of anilines is 1. The fourth-order valence-electron chi connectivity index (χ4n) is 1.58. The molecule has 0 aliphatic carbocycles. The third-order valence-electron chi connectivity index (χ3n) is 2.76. The first-order valence-corrected chi connectivity index (χ1v) is 6.09. The van der Waals surface area contributed by atoms with Crippen LogP contribution in [0.2, 0.25) is 0 Å². The zero-order valence-electron chi connectivity index (χ0n) is 10.9. The normalized spacial score (nSPS) is 10.2. The molecule has 1 aromatic rings. The summed E-state index contributed by atoms with van der Waals surface area (Å²) in [5, 5.41) is 0. The smallest absolute Gasteiger partial charge is 0.324 e. The lowest BCUT2D eigenvalue weighted by Crippen LogP contribution is -2.42. The fraction of sp³-hybridized carbons (Fsp3) is 0.462. The van der Waals surface area contributed by atoms with E-state index in [1.165, 1.54) is 11.0 Å². The van der Waals surface area contributed by atoms with E-state index in [1.807, 2.05) is 6.92 Å². The molecule has 2 N–H and O–H groups in total. The van der Waals surface area contributed by atoms with Gasteiger partial charge in [-0.25, -0.2) is 9.18 Å². The summed E-state index contributed by atoms with van der Waals surface area (Å²) in [4.78, 5) is 15.2. The molecule has 100 valence electrons. The zero-order chi connectivity index (χ0) is 13.5. The van der Waals surface area contributed by atoms with Crippen molar-refractivity contribution in [2.45, 2.75) is 13.3 Å².